The highest BCUT2D eigenvalue weighted by atomic mass is 19.1. The number of aliphatic hydroxyl groups is 1. The number of rotatable bonds is 8. The van der Waals surface area contributed by atoms with Crippen LogP contribution in [0.2, 0.25) is 0 Å². The van der Waals surface area contributed by atoms with Crippen LogP contribution in [0, 0.1) is 11.7 Å². The second kappa shape index (κ2) is 8.74. The van der Waals surface area contributed by atoms with Gasteiger partial charge in [-0.2, -0.15) is 0 Å². The van der Waals surface area contributed by atoms with Crippen LogP contribution in [-0.4, -0.2) is 41.0 Å². The number of halogens is 1. The lowest BCUT2D eigenvalue weighted by Crippen LogP contribution is -2.49. The number of aliphatic hydroxyl groups excluding tert-OH is 1. The largest absolute Gasteiger partial charge is 0.480 e. The zero-order valence-electron chi connectivity index (χ0n) is 14.9. The number of carboxylic acids is 1. The zero-order chi connectivity index (χ0) is 18.4. The Bertz CT molecular complexity index is 570. The highest BCUT2D eigenvalue weighted by Crippen LogP contribution is 2.34. The average molecular weight is 353 g/mol. The third-order valence-electron chi connectivity index (χ3n) is 5.12. The summed E-state index contributed by atoms with van der Waals surface area (Å²) in [5, 5.41) is 22.3. The first kappa shape index (κ1) is 19.8. The summed E-state index contributed by atoms with van der Waals surface area (Å²) < 4.78 is 18.6. The van der Waals surface area contributed by atoms with E-state index in [2.05, 4.69) is 19.2 Å². The van der Waals surface area contributed by atoms with Gasteiger partial charge in [-0.1, -0.05) is 12.1 Å². The Kier molecular flexibility index (Phi) is 6.93. The number of aliphatic carboxylic acids is 1. The average Bonchev–Trinajstić information content (AvgIpc) is 2.58. The molecule has 1 aromatic carbocycles. The molecular weight excluding hydrogens is 325 g/mol. The van der Waals surface area contributed by atoms with E-state index in [9.17, 15) is 14.3 Å². The summed E-state index contributed by atoms with van der Waals surface area (Å²) in [5.74, 6) is -0.872. The Hall–Kier alpha value is -1.50. The van der Waals surface area contributed by atoms with Gasteiger partial charge in [-0.25, -0.2) is 9.18 Å². The lowest BCUT2D eigenvalue weighted by atomic mass is 9.75. The molecular formula is C19H28FNO4. The van der Waals surface area contributed by atoms with E-state index in [1.54, 1.807) is 12.1 Å². The summed E-state index contributed by atoms with van der Waals surface area (Å²) in [6.07, 6.45) is 2.83. The summed E-state index contributed by atoms with van der Waals surface area (Å²) in [7, 11) is 0. The van der Waals surface area contributed by atoms with Crippen molar-refractivity contribution in [2.24, 2.45) is 5.92 Å². The SMILES string of the molecule is CC(C)(NC[C@H](O)c1cccc(F)c1)C1CCC(OCC(=O)O)CC1. The fourth-order valence-corrected chi connectivity index (χ4v) is 3.48. The molecule has 0 unspecified atom stereocenters. The molecule has 6 heteroatoms. The van der Waals surface area contributed by atoms with Crippen molar-refractivity contribution in [1.82, 2.24) is 5.32 Å². The molecule has 0 aromatic heterocycles. The van der Waals surface area contributed by atoms with Gasteiger partial charge in [-0.3, -0.25) is 0 Å². The molecule has 5 nitrogen and oxygen atoms in total. The smallest absolute Gasteiger partial charge is 0.329 e. The van der Waals surface area contributed by atoms with Gasteiger partial charge in [-0.15, -0.1) is 0 Å². The van der Waals surface area contributed by atoms with Crippen molar-refractivity contribution in [2.75, 3.05) is 13.2 Å². The molecule has 0 heterocycles. The molecule has 1 atom stereocenters. The van der Waals surface area contributed by atoms with E-state index in [-0.39, 0.29) is 24.1 Å². The minimum Gasteiger partial charge on any atom is -0.480 e. The molecule has 1 aromatic rings. The Morgan fingerprint density at radius 2 is 2.04 bits per heavy atom. The molecule has 0 bridgehead atoms. The molecule has 1 fully saturated rings. The van der Waals surface area contributed by atoms with Crippen LogP contribution in [0.25, 0.3) is 0 Å². The van der Waals surface area contributed by atoms with Gasteiger partial charge in [0.05, 0.1) is 12.2 Å². The minimum atomic E-state index is -0.935. The van der Waals surface area contributed by atoms with Gasteiger partial charge < -0.3 is 20.3 Å². The minimum absolute atomic E-state index is 0.0148. The van der Waals surface area contributed by atoms with Crippen molar-refractivity contribution in [3.63, 3.8) is 0 Å². The molecule has 140 valence electrons. The van der Waals surface area contributed by atoms with Gasteiger partial charge in [0.1, 0.15) is 12.4 Å². The number of hydrogen-bond donors (Lipinski definition) is 3. The second-order valence-electron chi connectivity index (χ2n) is 7.35. The van der Waals surface area contributed by atoms with Crippen molar-refractivity contribution >= 4 is 5.97 Å². The van der Waals surface area contributed by atoms with Crippen LogP contribution in [-0.2, 0) is 9.53 Å². The normalized spacial score (nSPS) is 22.6. The lowest BCUT2D eigenvalue weighted by Gasteiger charge is -2.40. The predicted octanol–water partition coefficient (Wildman–Crippen LogP) is 2.89. The van der Waals surface area contributed by atoms with Gasteiger partial charge in [-0.05, 0) is 63.1 Å². The molecule has 1 aliphatic carbocycles. The number of hydrogen-bond acceptors (Lipinski definition) is 4. The maximum atomic E-state index is 13.3. The van der Waals surface area contributed by atoms with Crippen molar-refractivity contribution in [3.8, 4) is 0 Å². The monoisotopic (exact) mass is 353 g/mol. The van der Waals surface area contributed by atoms with E-state index in [0.29, 0.717) is 18.0 Å². The molecule has 0 aliphatic heterocycles. The molecule has 0 amide bonds. The molecule has 3 N–H and O–H groups in total. The molecule has 2 rings (SSSR count). The Morgan fingerprint density at radius 3 is 2.64 bits per heavy atom. The van der Waals surface area contributed by atoms with Crippen molar-refractivity contribution < 1.29 is 24.1 Å². The van der Waals surface area contributed by atoms with Crippen LogP contribution in [0.5, 0.6) is 0 Å². The van der Waals surface area contributed by atoms with Crippen LogP contribution < -0.4 is 5.32 Å². The first-order chi connectivity index (χ1) is 11.8. The quantitative estimate of drug-likeness (QED) is 0.670. The molecule has 0 saturated heterocycles. The first-order valence-corrected chi connectivity index (χ1v) is 8.80. The van der Waals surface area contributed by atoms with Crippen LogP contribution in [0.4, 0.5) is 4.39 Å². The lowest BCUT2D eigenvalue weighted by molar-refractivity contribution is -0.145. The molecule has 0 spiro atoms. The third kappa shape index (κ3) is 6.06. The number of carbonyl (C=O) groups is 1. The van der Waals surface area contributed by atoms with Gasteiger partial charge >= 0.3 is 5.97 Å². The maximum Gasteiger partial charge on any atom is 0.329 e. The molecule has 1 saturated carbocycles. The molecule has 1 aliphatic rings. The second-order valence-corrected chi connectivity index (χ2v) is 7.35. The number of ether oxygens (including phenoxy) is 1. The highest BCUT2D eigenvalue weighted by molar-refractivity contribution is 5.68. The Morgan fingerprint density at radius 1 is 1.36 bits per heavy atom. The molecule has 0 radical (unpaired) electrons. The summed E-state index contributed by atoms with van der Waals surface area (Å²) in [4.78, 5) is 10.6. The third-order valence-corrected chi connectivity index (χ3v) is 5.12. The van der Waals surface area contributed by atoms with Crippen molar-refractivity contribution in [3.05, 3.63) is 35.6 Å². The van der Waals surface area contributed by atoms with Crippen LogP contribution in [0.1, 0.15) is 51.2 Å². The van der Waals surface area contributed by atoms with E-state index in [4.69, 9.17) is 9.84 Å². The number of nitrogens with one attached hydrogen (secondary N) is 1. The summed E-state index contributed by atoms with van der Waals surface area (Å²) >= 11 is 0. The van der Waals surface area contributed by atoms with Gasteiger partial charge in [0.25, 0.3) is 0 Å². The van der Waals surface area contributed by atoms with Crippen molar-refractivity contribution in [2.45, 2.75) is 57.3 Å². The van der Waals surface area contributed by atoms with Crippen LogP contribution in [0.3, 0.4) is 0 Å². The van der Waals surface area contributed by atoms with Crippen LogP contribution in [0.15, 0.2) is 24.3 Å². The van der Waals surface area contributed by atoms with E-state index >= 15 is 0 Å². The van der Waals surface area contributed by atoms with E-state index < -0.39 is 12.1 Å². The fourth-order valence-electron chi connectivity index (χ4n) is 3.48. The maximum absolute atomic E-state index is 13.3. The summed E-state index contributed by atoms with van der Waals surface area (Å²) in [6.45, 7) is 4.32. The van der Waals surface area contributed by atoms with E-state index in [0.717, 1.165) is 25.7 Å². The fraction of sp³-hybridized carbons (Fsp3) is 0.632. The van der Waals surface area contributed by atoms with Gasteiger partial charge in [0.2, 0.25) is 0 Å². The number of carboxylic acid groups (broad SMARTS) is 1. The van der Waals surface area contributed by atoms with Gasteiger partial charge in [0.15, 0.2) is 0 Å². The summed E-state index contributed by atoms with van der Waals surface area (Å²) in [6, 6.07) is 6.02. The standard InChI is InChI=1S/C19H28FNO4/c1-19(2,14-6-8-16(9-7-14)25-12-18(23)24)21-11-17(22)13-4-3-5-15(20)10-13/h3-5,10,14,16-17,21-22H,6-9,11-12H2,1-2H3,(H,23,24)/t14?,16?,17-/m0/s1. The topological polar surface area (TPSA) is 78.8 Å². The zero-order valence-corrected chi connectivity index (χ0v) is 14.9. The Labute approximate surface area is 148 Å². The number of benzene rings is 1. The first-order valence-electron chi connectivity index (χ1n) is 8.80. The summed E-state index contributed by atoms with van der Waals surface area (Å²) in [5.41, 5.74) is 0.389. The highest BCUT2D eigenvalue weighted by Gasteiger charge is 2.33. The van der Waals surface area contributed by atoms with E-state index in [1.807, 2.05) is 0 Å². The molecule has 25 heavy (non-hydrogen) atoms. The van der Waals surface area contributed by atoms with Gasteiger partial charge in [0, 0.05) is 12.1 Å². The van der Waals surface area contributed by atoms with Crippen molar-refractivity contribution in [1.29, 1.82) is 0 Å². The Balaban J connectivity index is 1.80. The number of β-amino-alcohol motifs (C(OH)–C–C–N with tert-alkyl or cyclic N) is 1. The van der Waals surface area contributed by atoms with Crippen LogP contribution >= 0.6 is 0 Å². The van der Waals surface area contributed by atoms with E-state index in [1.165, 1.54) is 12.1 Å². The predicted molar refractivity (Wildman–Crippen MR) is 92.8 cm³/mol.